The summed E-state index contributed by atoms with van der Waals surface area (Å²) in [6.07, 6.45) is 60.7. The van der Waals surface area contributed by atoms with E-state index in [0.29, 0.717) is 12.8 Å². The number of aliphatic hydroxyl groups excluding tert-OH is 2. The molecule has 0 aliphatic heterocycles. The van der Waals surface area contributed by atoms with Crippen LogP contribution in [-0.4, -0.2) is 34.9 Å². The number of unbranched alkanes of at least 4 members (excludes halogenated alkanes) is 42. The third-order valence-corrected chi connectivity index (χ3v) is 12.6. The van der Waals surface area contributed by atoms with Crippen molar-refractivity contribution in [3.63, 3.8) is 0 Å². The summed E-state index contributed by atoms with van der Waals surface area (Å²) in [6, 6.07) is -0.530. The number of aliphatic hydroxyl groups is 2. The van der Waals surface area contributed by atoms with E-state index in [-0.39, 0.29) is 12.5 Å². The Balaban J connectivity index is 3.42. The summed E-state index contributed by atoms with van der Waals surface area (Å²) < 4.78 is 0. The van der Waals surface area contributed by atoms with E-state index in [0.717, 1.165) is 25.7 Å². The molecule has 4 heteroatoms. The third-order valence-electron chi connectivity index (χ3n) is 12.6. The van der Waals surface area contributed by atoms with Crippen molar-refractivity contribution in [2.45, 2.75) is 321 Å². The summed E-state index contributed by atoms with van der Waals surface area (Å²) in [7, 11) is 0. The molecule has 0 aliphatic carbocycles. The number of hydrogen-bond donors (Lipinski definition) is 3. The van der Waals surface area contributed by atoms with E-state index in [1.807, 2.05) is 0 Å². The molecule has 0 radical (unpaired) electrons. The predicted molar refractivity (Wildman–Crippen MR) is 249 cm³/mol. The van der Waals surface area contributed by atoms with Crippen molar-refractivity contribution < 1.29 is 15.0 Å². The molecule has 56 heavy (non-hydrogen) atoms. The first-order valence-electron chi connectivity index (χ1n) is 26.2. The first-order chi connectivity index (χ1) is 27.7. The van der Waals surface area contributed by atoms with Gasteiger partial charge < -0.3 is 15.5 Å². The molecule has 1 amide bonds. The first-order valence-corrected chi connectivity index (χ1v) is 26.2. The summed E-state index contributed by atoms with van der Waals surface area (Å²) in [5, 5.41) is 23.3. The van der Waals surface area contributed by atoms with Crippen LogP contribution in [0.5, 0.6) is 0 Å². The Hall–Kier alpha value is -0.610. The minimum Gasteiger partial charge on any atom is -0.394 e. The largest absolute Gasteiger partial charge is 0.394 e. The standard InChI is InChI=1S/C52H105NO3/c1-3-5-7-9-11-13-15-17-19-21-23-25-26-28-30-32-34-36-38-40-42-44-46-48-52(56)53-50(49-54)51(55)47-45-43-41-39-37-35-33-31-29-27-24-22-20-18-16-14-12-10-8-6-4-2/h50-51,54-55H,3-49H2,1-2H3,(H,53,56). The molecule has 2 unspecified atom stereocenters. The van der Waals surface area contributed by atoms with Gasteiger partial charge in [0, 0.05) is 6.42 Å². The van der Waals surface area contributed by atoms with Crippen LogP contribution in [0.25, 0.3) is 0 Å². The van der Waals surface area contributed by atoms with Gasteiger partial charge in [-0.05, 0) is 12.8 Å². The van der Waals surface area contributed by atoms with Crippen molar-refractivity contribution in [3.8, 4) is 0 Å². The van der Waals surface area contributed by atoms with Crippen LogP contribution in [0, 0.1) is 0 Å². The van der Waals surface area contributed by atoms with Crippen molar-refractivity contribution in [3.05, 3.63) is 0 Å². The highest BCUT2D eigenvalue weighted by Gasteiger charge is 2.20. The molecule has 336 valence electrons. The molecule has 3 N–H and O–H groups in total. The van der Waals surface area contributed by atoms with Crippen molar-refractivity contribution in [1.82, 2.24) is 5.32 Å². The lowest BCUT2D eigenvalue weighted by Gasteiger charge is -2.22. The Bertz CT molecular complexity index is 729. The van der Waals surface area contributed by atoms with Crippen LogP contribution in [0.3, 0.4) is 0 Å². The highest BCUT2D eigenvalue weighted by Crippen LogP contribution is 2.18. The van der Waals surface area contributed by atoms with Gasteiger partial charge in [-0.2, -0.15) is 0 Å². The van der Waals surface area contributed by atoms with E-state index >= 15 is 0 Å². The van der Waals surface area contributed by atoms with Crippen LogP contribution >= 0.6 is 0 Å². The molecule has 0 saturated heterocycles. The van der Waals surface area contributed by atoms with Gasteiger partial charge in [-0.1, -0.05) is 290 Å². The fraction of sp³-hybridized carbons (Fsp3) is 0.981. The van der Waals surface area contributed by atoms with Crippen LogP contribution in [0.2, 0.25) is 0 Å². The second-order valence-corrected chi connectivity index (χ2v) is 18.3. The molecule has 0 aliphatic rings. The van der Waals surface area contributed by atoms with Gasteiger partial charge in [0.05, 0.1) is 18.8 Å². The molecule has 0 spiro atoms. The maximum Gasteiger partial charge on any atom is 0.220 e. The molecule has 2 atom stereocenters. The number of amides is 1. The lowest BCUT2D eigenvalue weighted by atomic mass is 10.0. The number of rotatable bonds is 49. The van der Waals surface area contributed by atoms with Gasteiger partial charge in [-0.25, -0.2) is 0 Å². The monoisotopic (exact) mass is 792 g/mol. The minimum atomic E-state index is -0.654. The van der Waals surface area contributed by atoms with Crippen molar-refractivity contribution in [2.75, 3.05) is 6.61 Å². The highest BCUT2D eigenvalue weighted by atomic mass is 16.3. The lowest BCUT2D eigenvalue weighted by Crippen LogP contribution is -2.45. The quantitative estimate of drug-likeness (QED) is 0.0538. The molecule has 4 nitrogen and oxygen atoms in total. The predicted octanol–water partition coefficient (Wildman–Crippen LogP) is 16.8. The van der Waals surface area contributed by atoms with E-state index < -0.39 is 12.1 Å². The molecule has 0 aromatic carbocycles. The molecular formula is C52H105NO3. The average molecular weight is 792 g/mol. The SMILES string of the molecule is CCCCCCCCCCCCCCCCCCCCCCCCCC(=O)NC(CO)C(O)CCCCCCCCCCCCCCCCCCCCCCC. The molecule has 0 saturated carbocycles. The maximum atomic E-state index is 12.5. The molecule has 0 rings (SSSR count). The number of hydrogen-bond acceptors (Lipinski definition) is 3. The van der Waals surface area contributed by atoms with Crippen LogP contribution < -0.4 is 5.32 Å². The maximum absolute atomic E-state index is 12.5. The van der Waals surface area contributed by atoms with Gasteiger partial charge in [-0.3, -0.25) is 4.79 Å². The molecule has 0 heterocycles. The summed E-state index contributed by atoms with van der Waals surface area (Å²) in [5.74, 6) is -0.0228. The zero-order valence-corrected chi connectivity index (χ0v) is 38.7. The normalized spacial score (nSPS) is 12.7. The van der Waals surface area contributed by atoms with Gasteiger partial charge in [0.15, 0.2) is 0 Å². The van der Waals surface area contributed by atoms with E-state index in [2.05, 4.69) is 19.2 Å². The summed E-state index contributed by atoms with van der Waals surface area (Å²) in [6.45, 7) is 4.40. The van der Waals surface area contributed by atoms with Gasteiger partial charge in [0.2, 0.25) is 5.91 Å². The highest BCUT2D eigenvalue weighted by molar-refractivity contribution is 5.76. The number of nitrogens with one attached hydrogen (secondary N) is 1. The lowest BCUT2D eigenvalue weighted by molar-refractivity contribution is -0.123. The topological polar surface area (TPSA) is 69.6 Å². The van der Waals surface area contributed by atoms with Crippen LogP contribution in [-0.2, 0) is 4.79 Å². The second kappa shape index (κ2) is 48.8. The van der Waals surface area contributed by atoms with Crippen LogP contribution in [0.15, 0.2) is 0 Å². The summed E-state index contributed by atoms with van der Waals surface area (Å²) in [5.41, 5.74) is 0. The Kier molecular flexibility index (Phi) is 48.2. The smallest absolute Gasteiger partial charge is 0.220 e. The van der Waals surface area contributed by atoms with Crippen LogP contribution in [0.1, 0.15) is 309 Å². The van der Waals surface area contributed by atoms with E-state index in [9.17, 15) is 15.0 Å². The molecule has 0 fully saturated rings. The molecule has 0 bridgehead atoms. The fourth-order valence-electron chi connectivity index (χ4n) is 8.60. The van der Waals surface area contributed by atoms with Crippen molar-refractivity contribution >= 4 is 5.91 Å². The Morgan fingerprint density at radius 1 is 0.357 bits per heavy atom. The third kappa shape index (κ3) is 44.5. The molecular weight excluding hydrogens is 687 g/mol. The van der Waals surface area contributed by atoms with Crippen molar-refractivity contribution in [1.29, 1.82) is 0 Å². The molecule has 0 aromatic heterocycles. The minimum absolute atomic E-state index is 0.0228. The van der Waals surface area contributed by atoms with Gasteiger partial charge in [-0.15, -0.1) is 0 Å². The van der Waals surface area contributed by atoms with Gasteiger partial charge >= 0.3 is 0 Å². The van der Waals surface area contributed by atoms with Crippen molar-refractivity contribution in [2.24, 2.45) is 0 Å². The Morgan fingerprint density at radius 3 is 0.804 bits per heavy atom. The average Bonchev–Trinajstić information content (AvgIpc) is 3.20. The number of carbonyl (C=O) groups is 1. The fourth-order valence-corrected chi connectivity index (χ4v) is 8.60. The second-order valence-electron chi connectivity index (χ2n) is 18.3. The van der Waals surface area contributed by atoms with E-state index in [1.54, 1.807) is 0 Å². The summed E-state index contributed by atoms with van der Waals surface area (Å²) in [4.78, 5) is 12.5. The zero-order chi connectivity index (χ0) is 40.7. The Labute approximate surface area is 353 Å². The Morgan fingerprint density at radius 2 is 0.571 bits per heavy atom. The number of carbonyl (C=O) groups excluding carboxylic acids is 1. The first kappa shape index (κ1) is 55.4. The summed E-state index contributed by atoms with van der Waals surface area (Å²) >= 11 is 0. The van der Waals surface area contributed by atoms with Gasteiger partial charge in [0.25, 0.3) is 0 Å². The van der Waals surface area contributed by atoms with E-state index in [4.69, 9.17) is 0 Å². The zero-order valence-electron chi connectivity index (χ0n) is 38.7. The van der Waals surface area contributed by atoms with Gasteiger partial charge in [0.1, 0.15) is 0 Å². The molecule has 0 aromatic rings. The van der Waals surface area contributed by atoms with E-state index in [1.165, 1.54) is 257 Å². The van der Waals surface area contributed by atoms with Crippen LogP contribution in [0.4, 0.5) is 0 Å².